The number of ether oxygens (including phenoxy) is 4. The van der Waals surface area contributed by atoms with Crippen molar-refractivity contribution in [2.24, 2.45) is 11.8 Å². The van der Waals surface area contributed by atoms with E-state index in [1.54, 1.807) is 0 Å². The molecule has 0 aliphatic carbocycles. The molecule has 0 saturated heterocycles. The second-order valence-corrected chi connectivity index (χ2v) is 31.0. The van der Waals surface area contributed by atoms with E-state index < -0.39 is 97.5 Å². The molecule has 564 valence electrons. The van der Waals surface area contributed by atoms with Crippen LogP contribution >= 0.6 is 15.6 Å². The number of esters is 4. The standard InChI is InChI=1S/C76H148O17P2/c1-7-10-12-14-16-18-20-22-24-26-28-33-40-46-52-58-73(78)86-64-71(92-75(80)60-54-48-42-34-29-27-25-23-21-19-17-15-13-11-8-2)66-90-94(82,83)88-62-70(77)63-89-95(84,85)91-67-72(65-87-74(79)59-53-47-41-37-36-39-45-51-57-69(6)9-3)93-76(81)61-55-49-43-35-31-30-32-38-44-50-56-68(4)5/h68-72,77H,7-67H2,1-6H3,(H,82,83)(H,84,85)/t69?,70-,71-,72-/m1/s1. The molecular weight excluding hydrogens is 1250 g/mol. The van der Waals surface area contributed by atoms with Gasteiger partial charge in [0.15, 0.2) is 12.2 Å². The smallest absolute Gasteiger partial charge is 0.462 e. The molecule has 0 aliphatic rings. The molecule has 19 heteroatoms. The first-order valence-electron chi connectivity index (χ1n) is 39.5. The van der Waals surface area contributed by atoms with Gasteiger partial charge in [0, 0.05) is 25.7 Å². The summed E-state index contributed by atoms with van der Waals surface area (Å²) in [6.45, 7) is 9.60. The van der Waals surface area contributed by atoms with Crippen LogP contribution < -0.4 is 0 Å². The van der Waals surface area contributed by atoms with Crippen LogP contribution in [0.4, 0.5) is 0 Å². The lowest BCUT2D eigenvalue weighted by molar-refractivity contribution is -0.161. The number of rotatable bonds is 75. The number of carbonyl (C=O) groups is 4. The molecule has 0 heterocycles. The Morgan fingerprint density at radius 2 is 0.537 bits per heavy atom. The van der Waals surface area contributed by atoms with E-state index in [1.807, 2.05) is 0 Å². The van der Waals surface area contributed by atoms with Gasteiger partial charge in [0.2, 0.25) is 0 Å². The molecule has 95 heavy (non-hydrogen) atoms. The van der Waals surface area contributed by atoms with Crippen molar-refractivity contribution in [2.45, 2.75) is 413 Å². The number of phosphoric acid groups is 2. The molecule has 6 atom stereocenters. The maximum Gasteiger partial charge on any atom is 0.472 e. The summed E-state index contributed by atoms with van der Waals surface area (Å²) < 4.78 is 68.6. The molecule has 0 aromatic carbocycles. The average Bonchev–Trinajstić information content (AvgIpc) is 2.81. The van der Waals surface area contributed by atoms with Gasteiger partial charge in [0.25, 0.3) is 0 Å². The fraction of sp³-hybridized carbons (Fsp3) is 0.947. The third-order valence-corrected chi connectivity index (χ3v) is 20.0. The summed E-state index contributed by atoms with van der Waals surface area (Å²) in [5.41, 5.74) is 0. The number of unbranched alkanes of at least 4 members (excludes halogenated alkanes) is 44. The number of aliphatic hydroxyl groups excluding tert-OH is 1. The Kier molecular flexibility index (Phi) is 66.5. The Hall–Kier alpha value is -1.94. The van der Waals surface area contributed by atoms with Crippen LogP contribution in [0.5, 0.6) is 0 Å². The number of carbonyl (C=O) groups excluding carboxylic acids is 4. The number of hydrogen-bond acceptors (Lipinski definition) is 15. The third-order valence-electron chi connectivity index (χ3n) is 18.1. The molecule has 0 aromatic heterocycles. The van der Waals surface area contributed by atoms with Gasteiger partial charge < -0.3 is 33.8 Å². The van der Waals surface area contributed by atoms with Gasteiger partial charge in [-0.15, -0.1) is 0 Å². The molecule has 17 nitrogen and oxygen atoms in total. The molecule has 0 bridgehead atoms. The molecule has 0 rings (SSSR count). The average molecular weight is 1400 g/mol. The van der Waals surface area contributed by atoms with Crippen molar-refractivity contribution in [1.82, 2.24) is 0 Å². The lowest BCUT2D eigenvalue weighted by Crippen LogP contribution is -2.30. The second kappa shape index (κ2) is 67.9. The molecule has 0 radical (unpaired) electrons. The van der Waals surface area contributed by atoms with Crippen LogP contribution in [0.3, 0.4) is 0 Å². The van der Waals surface area contributed by atoms with Gasteiger partial charge in [-0.25, -0.2) is 9.13 Å². The summed E-state index contributed by atoms with van der Waals surface area (Å²) in [4.78, 5) is 72.9. The number of phosphoric ester groups is 2. The molecule has 0 fully saturated rings. The van der Waals surface area contributed by atoms with Crippen LogP contribution in [-0.2, 0) is 65.4 Å². The van der Waals surface area contributed by atoms with E-state index in [-0.39, 0.29) is 25.7 Å². The molecular formula is C76H148O17P2. The van der Waals surface area contributed by atoms with Gasteiger partial charge in [0.1, 0.15) is 19.3 Å². The van der Waals surface area contributed by atoms with Crippen LogP contribution in [0.15, 0.2) is 0 Å². The minimum Gasteiger partial charge on any atom is -0.462 e. The lowest BCUT2D eigenvalue weighted by Gasteiger charge is -2.21. The van der Waals surface area contributed by atoms with Crippen molar-refractivity contribution < 1.29 is 80.2 Å². The summed E-state index contributed by atoms with van der Waals surface area (Å²) >= 11 is 0. The van der Waals surface area contributed by atoms with Crippen LogP contribution in [0.1, 0.15) is 395 Å². The van der Waals surface area contributed by atoms with Crippen LogP contribution in [0, 0.1) is 11.8 Å². The molecule has 0 aromatic rings. The van der Waals surface area contributed by atoms with Gasteiger partial charge in [0.05, 0.1) is 26.4 Å². The molecule has 0 saturated carbocycles. The zero-order chi connectivity index (χ0) is 70.0. The zero-order valence-corrected chi connectivity index (χ0v) is 63.8. The van der Waals surface area contributed by atoms with Gasteiger partial charge in [-0.1, -0.05) is 343 Å². The Morgan fingerprint density at radius 1 is 0.305 bits per heavy atom. The Bertz CT molecular complexity index is 1840. The first-order valence-corrected chi connectivity index (χ1v) is 42.5. The van der Waals surface area contributed by atoms with Crippen molar-refractivity contribution in [3.05, 3.63) is 0 Å². The maximum atomic E-state index is 13.1. The molecule has 3 unspecified atom stereocenters. The van der Waals surface area contributed by atoms with E-state index in [4.69, 9.17) is 37.0 Å². The summed E-state index contributed by atoms with van der Waals surface area (Å²) in [7, 11) is -9.91. The van der Waals surface area contributed by atoms with Gasteiger partial charge in [-0.3, -0.25) is 37.3 Å². The van der Waals surface area contributed by atoms with Crippen LogP contribution in [0.2, 0.25) is 0 Å². The summed E-state index contributed by atoms with van der Waals surface area (Å²) in [5, 5.41) is 10.6. The first-order chi connectivity index (χ1) is 45.9. The van der Waals surface area contributed by atoms with Crippen molar-refractivity contribution in [2.75, 3.05) is 39.6 Å². The van der Waals surface area contributed by atoms with E-state index in [9.17, 15) is 43.2 Å². The lowest BCUT2D eigenvalue weighted by atomic mass is 9.99. The van der Waals surface area contributed by atoms with Gasteiger partial charge >= 0.3 is 39.5 Å². The minimum atomic E-state index is -4.96. The SMILES string of the molecule is CCCCCCCCCCCCCCCCCC(=O)OC[C@H](COP(=O)(O)OC[C@@H](O)COP(=O)(O)OC[C@@H](COC(=O)CCCCCCCCCCC(C)CC)OC(=O)CCCCCCCCCCCCC(C)C)OC(=O)CCCCCCCCCCCCCCCCC. The van der Waals surface area contributed by atoms with E-state index >= 15 is 0 Å². The van der Waals surface area contributed by atoms with E-state index in [0.29, 0.717) is 25.7 Å². The van der Waals surface area contributed by atoms with Crippen LogP contribution in [-0.4, -0.2) is 96.7 Å². The fourth-order valence-corrected chi connectivity index (χ4v) is 13.2. The van der Waals surface area contributed by atoms with Crippen LogP contribution in [0.25, 0.3) is 0 Å². The molecule has 3 N–H and O–H groups in total. The maximum absolute atomic E-state index is 13.1. The predicted octanol–water partition coefficient (Wildman–Crippen LogP) is 22.3. The Morgan fingerprint density at radius 3 is 0.800 bits per heavy atom. The zero-order valence-electron chi connectivity index (χ0n) is 62.0. The van der Waals surface area contributed by atoms with E-state index in [2.05, 4.69) is 41.5 Å². The number of aliphatic hydroxyl groups is 1. The highest BCUT2D eigenvalue weighted by molar-refractivity contribution is 7.47. The minimum absolute atomic E-state index is 0.106. The van der Waals surface area contributed by atoms with Crippen molar-refractivity contribution >= 4 is 39.5 Å². The highest BCUT2D eigenvalue weighted by Crippen LogP contribution is 2.45. The quantitative estimate of drug-likeness (QED) is 0.0222. The Balaban J connectivity index is 5.27. The summed E-state index contributed by atoms with van der Waals surface area (Å²) in [6.07, 6.45) is 55.3. The summed E-state index contributed by atoms with van der Waals surface area (Å²) in [6, 6.07) is 0. The van der Waals surface area contributed by atoms with Crippen molar-refractivity contribution in [3.8, 4) is 0 Å². The van der Waals surface area contributed by atoms with Gasteiger partial charge in [-0.2, -0.15) is 0 Å². The Labute approximate surface area is 581 Å². The topological polar surface area (TPSA) is 237 Å². The molecule has 0 aliphatic heterocycles. The van der Waals surface area contributed by atoms with E-state index in [0.717, 1.165) is 102 Å². The fourth-order valence-electron chi connectivity index (χ4n) is 11.6. The van der Waals surface area contributed by atoms with E-state index in [1.165, 1.54) is 212 Å². The second-order valence-electron chi connectivity index (χ2n) is 28.1. The molecule has 0 spiro atoms. The predicted molar refractivity (Wildman–Crippen MR) is 386 cm³/mol. The monoisotopic (exact) mass is 1400 g/mol. The van der Waals surface area contributed by atoms with Crippen molar-refractivity contribution in [1.29, 1.82) is 0 Å². The van der Waals surface area contributed by atoms with Crippen molar-refractivity contribution in [3.63, 3.8) is 0 Å². The summed E-state index contributed by atoms with van der Waals surface area (Å²) in [5.74, 6) is -0.584. The normalized spacial score (nSPS) is 14.3. The first kappa shape index (κ1) is 93.1. The van der Waals surface area contributed by atoms with Gasteiger partial charge in [-0.05, 0) is 37.5 Å². The highest BCUT2D eigenvalue weighted by Gasteiger charge is 2.30. The largest absolute Gasteiger partial charge is 0.472 e. The third kappa shape index (κ3) is 69.0. The number of hydrogen-bond donors (Lipinski definition) is 3. The highest BCUT2D eigenvalue weighted by atomic mass is 31.2. The molecule has 0 amide bonds.